The lowest BCUT2D eigenvalue weighted by Gasteiger charge is -2.24. The predicted molar refractivity (Wildman–Crippen MR) is 76.5 cm³/mol. The smallest absolute Gasteiger partial charge is 0.107 e. The van der Waals surface area contributed by atoms with Gasteiger partial charge in [-0.05, 0) is 38.1 Å². The molecule has 0 saturated heterocycles. The van der Waals surface area contributed by atoms with Crippen molar-refractivity contribution in [3.8, 4) is 0 Å². The number of aromatic nitrogens is 1. The maximum Gasteiger partial charge on any atom is 0.107 e. The summed E-state index contributed by atoms with van der Waals surface area (Å²) in [5.74, 6) is 2.22. The molecule has 1 heterocycles. The van der Waals surface area contributed by atoms with E-state index in [-0.39, 0.29) is 0 Å². The molecule has 1 N–H and O–H groups in total. The number of nitrogens with one attached hydrogen (secondary N) is 1. The van der Waals surface area contributed by atoms with Crippen molar-refractivity contribution < 1.29 is 0 Å². The van der Waals surface area contributed by atoms with Gasteiger partial charge in [0.15, 0.2) is 0 Å². The van der Waals surface area contributed by atoms with Gasteiger partial charge in [-0.15, -0.1) is 11.3 Å². The number of rotatable bonds is 6. The van der Waals surface area contributed by atoms with Gasteiger partial charge in [-0.1, -0.05) is 27.7 Å². The van der Waals surface area contributed by atoms with Crippen LogP contribution in [0, 0.1) is 31.6 Å². The standard InChI is InChI=1S/C14H26N2S/c1-9(2)13(10(3)4)7-15-8-14-16-11(5)12(6)17-14/h9-10,13,15H,7-8H2,1-6H3. The van der Waals surface area contributed by atoms with Crippen molar-refractivity contribution in [2.45, 2.75) is 48.1 Å². The van der Waals surface area contributed by atoms with E-state index in [1.165, 1.54) is 15.6 Å². The lowest BCUT2D eigenvalue weighted by molar-refractivity contribution is 0.275. The Morgan fingerprint density at radius 3 is 2.12 bits per heavy atom. The van der Waals surface area contributed by atoms with Gasteiger partial charge in [-0.25, -0.2) is 4.98 Å². The van der Waals surface area contributed by atoms with Gasteiger partial charge in [0.25, 0.3) is 0 Å². The van der Waals surface area contributed by atoms with Gasteiger partial charge < -0.3 is 5.32 Å². The van der Waals surface area contributed by atoms with E-state index in [2.05, 4.69) is 51.8 Å². The molecule has 0 atom stereocenters. The summed E-state index contributed by atoms with van der Waals surface area (Å²) in [7, 11) is 0. The van der Waals surface area contributed by atoms with Gasteiger partial charge in [0, 0.05) is 11.4 Å². The summed E-state index contributed by atoms with van der Waals surface area (Å²) >= 11 is 1.81. The molecule has 0 radical (unpaired) electrons. The highest BCUT2D eigenvalue weighted by atomic mass is 32.1. The second-order valence-corrected chi connectivity index (χ2v) is 6.82. The molecule has 0 amide bonds. The number of hydrogen-bond donors (Lipinski definition) is 1. The van der Waals surface area contributed by atoms with Crippen molar-refractivity contribution in [2.75, 3.05) is 6.54 Å². The Hall–Kier alpha value is -0.410. The van der Waals surface area contributed by atoms with Gasteiger partial charge in [0.2, 0.25) is 0 Å². The first kappa shape index (κ1) is 14.7. The first-order chi connectivity index (χ1) is 7.91. The predicted octanol–water partition coefficient (Wildman–Crippen LogP) is 3.78. The largest absolute Gasteiger partial charge is 0.310 e. The topological polar surface area (TPSA) is 24.9 Å². The zero-order valence-electron chi connectivity index (χ0n) is 12.0. The van der Waals surface area contributed by atoms with Crippen LogP contribution in [0.25, 0.3) is 0 Å². The zero-order chi connectivity index (χ0) is 13.0. The highest BCUT2D eigenvalue weighted by molar-refractivity contribution is 7.11. The molecule has 0 aromatic carbocycles. The molecular formula is C14H26N2S. The van der Waals surface area contributed by atoms with Crippen LogP contribution in [0.2, 0.25) is 0 Å². The summed E-state index contributed by atoms with van der Waals surface area (Å²) in [5.41, 5.74) is 1.18. The summed E-state index contributed by atoms with van der Waals surface area (Å²) in [6.45, 7) is 15.5. The van der Waals surface area contributed by atoms with Gasteiger partial charge in [-0.2, -0.15) is 0 Å². The van der Waals surface area contributed by atoms with E-state index in [4.69, 9.17) is 0 Å². The number of aryl methyl sites for hydroxylation is 2. The van der Waals surface area contributed by atoms with E-state index in [0.29, 0.717) is 0 Å². The van der Waals surface area contributed by atoms with Crippen LogP contribution in [0.3, 0.4) is 0 Å². The van der Waals surface area contributed by atoms with Crippen molar-refractivity contribution >= 4 is 11.3 Å². The third-order valence-corrected chi connectivity index (χ3v) is 4.51. The van der Waals surface area contributed by atoms with Crippen LogP contribution in [0.1, 0.15) is 43.3 Å². The molecule has 17 heavy (non-hydrogen) atoms. The van der Waals surface area contributed by atoms with E-state index >= 15 is 0 Å². The second-order valence-electron chi connectivity index (χ2n) is 5.53. The zero-order valence-corrected chi connectivity index (χ0v) is 12.8. The minimum atomic E-state index is 0.738. The molecule has 0 aliphatic heterocycles. The summed E-state index contributed by atoms with van der Waals surface area (Å²) in [5, 5.41) is 4.77. The Morgan fingerprint density at radius 2 is 1.71 bits per heavy atom. The summed E-state index contributed by atoms with van der Waals surface area (Å²) in [6, 6.07) is 0. The second kappa shape index (κ2) is 6.50. The van der Waals surface area contributed by atoms with Crippen molar-refractivity contribution in [3.63, 3.8) is 0 Å². The maximum atomic E-state index is 4.55. The van der Waals surface area contributed by atoms with E-state index in [1.54, 1.807) is 0 Å². The Kier molecular flexibility index (Phi) is 5.60. The molecule has 1 aromatic heterocycles. The van der Waals surface area contributed by atoms with E-state index < -0.39 is 0 Å². The van der Waals surface area contributed by atoms with Gasteiger partial charge in [-0.3, -0.25) is 0 Å². The van der Waals surface area contributed by atoms with Gasteiger partial charge >= 0.3 is 0 Å². The third kappa shape index (κ3) is 4.40. The number of thiazole rings is 1. The van der Waals surface area contributed by atoms with Crippen LogP contribution in [-0.4, -0.2) is 11.5 Å². The van der Waals surface area contributed by atoms with Crippen molar-refractivity contribution in [1.82, 2.24) is 10.3 Å². The Labute approximate surface area is 110 Å². The Balaban J connectivity index is 2.41. The quantitative estimate of drug-likeness (QED) is 0.835. The SMILES string of the molecule is Cc1nc(CNCC(C(C)C)C(C)C)sc1C. The molecular weight excluding hydrogens is 228 g/mol. The van der Waals surface area contributed by atoms with Gasteiger partial charge in [0.1, 0.15) is 5.01 Å². The van der Waals surface area contributed by atoms with E-state index in [1.807, 2.05) is 11.3 Å². The molecule has 0 aliphatic rings. The van der Waals surface area contributed by atoms with E-state index in [9.17, 15) is 0 Å². The average molecular weight is 254 g/mol. The van der Waals surface area contributed by atoms with Crippen LogP contribution in [0.4, 0.5) is 0 Å². The molecule has 0 bridgehead atoms. The molecule has 3 heteroatoms. The molecule has 0 saturated carbocycles. The fraction of sp³-hybridized carbons (Fsp3) is 0.786. The number of nitrogens with zero attached hydrogens (tertiary/aromatic N) is 1. The fourth-order valence-corrected chi connectivity index (χ4v) is 3.11. The highest BCUT2D eigenvalue weighted by Crippen LogP contribution is 2.20. The molecule has 0 aliphatic carbocycles. The van der Waals surface area contributed by atoms with Crippen LogP contribution < -0.4 is 5.32 Å². The van der Waals surface area contributed by atoms with Crippen LogP contribution in [0.15, 0.2) is 0 Å². The fourth-order valence-electron chi connectivity index (χ4n) is 2.20. The Bertz CT molecular complexity index is 314. The first-order valence-electron chi connectivity index (χ1n) is 6.55. The monoisotopic (exact) mass is 254 g/mol. The van der Waals surface area contributed by atoms with Crippen LogP contribution in [0.5, 0.6) is 0 Å². The van der Waals surface area contributed by atoms with Crippen molar-refractivity contribution in [3.05, 3.63) is 15.6 Å². The molecule has 0 fully saturated rings. The minimum Gasteiger partial charge on any atom is -0.310 e. The van der Waals surface area contributed by atoms with Crippen LogP contribution >= 0.6 is 11.3 Å². The lowest BCUT2D eigenvalue weighted by atomic mass is 9.85. The molecule has 1 aromatic rings. The van der Waals surface area contributed by atoms with E-state index in [0.717, 1.165) is 30.8 Å². The average Bonchev–Trinajstić information content (AvgIpc) is 2.52. The van der Waals surface area contributed by atoms with Gasteiger partial charge in [0.05, 0.1) is 5.69 Å². The Morgan fingerprint density at radius 1 is 1.12 bits per heavy atom. The molecule has 1 rings (SSSR count). The lowest BCUT2D eigenvalue weighted by Crippen LogP contribution is -2.29. The van der Waals surface area contributed by atoms with Crippen molar-refractivity contribution in [1.29, 1.82) is 0 Å². The molecule has 0 unspecified atom stereocenters. The van der Waals surface area contributed by atoms with Crippen molar-refractivity contribution in [2.24, 2.45) is 17.8 Å². The summed E-state index contributed by atoms with van der Waals surface area (Å²) in [4.78, 5) is 5.89. The number of hydrogen-bond acceptors (Lipinski definition) is 3. The molecule has 2 nitrogen and oxygen atoms in total. The minimum absolute atomic E-state index is 0.738. The summed E-state index contributed by atoms with van der Waals surface area (Å²) in [6.07, 6.45) is 0. The third-order valence-electron chi connectivity index (χ3n) is 3.44. The van der Waals surface area contributed by atoms with Crippen LogP contribution in [-0.2, 0) is 6.54 Å². The first-order valence-corrected chi connectivity index (χ1v) is 7.37. The maximum absolute atomic E-state index is 4.55. The molecule has 98 valence electrons. The normalized spacial score (nSPS) is 12.1. The highest BCUT2D eigenvalue weighted by Gasteiger charge is 2.16. The summed E-state index contributed by atoms with van der Waals surface area (Å²) < 4.78 is 0. The molecule has 0 spiro atoms.